The second-order valence-electron chi connectivity index (χ2n) is 4.64. The van der Waals surface area contributed by atoms with Gasteiger partial charge in [-0.3, -0.25) is 4.99 Å². The summed E-state index contributed by atoms with van der Waals surface area (Å²) >= 11 is 6.09. The summed E-state index contributed by atoms with van der Waals surface area (Å²) in [7, 11) is -2.54. The SMILES string of the molecule is CCO[Si](CCCN=Cc1ccccc1Cl)(OCC)OCC. The second-order valence-corrected chi connectivity index (χ2v) is 7.78. The fraction of sp³-hybridized carbons (Fsp3) is 0.562. The van der Waals surface area contributed by atoms with Crippen LogP contribution < -0.4 is 0 Å². The number of hydrogen-bond acceptors (Lipinski definition) is 4. The molecule has 0 fully saturated rings. The van der Waals surface area contributed by atoms with E-state index in [1.54, 1.807) is 0 Å². The Morgan fingerprint density at radius 1 is 1.05 bits per heavy atom. The Hall–Kier alpha value is -0.723. The van der Waals surface area contributed by atoms with E-state index in [0.29, 0.717) is 31.4 Å². The highest BCUT2D eigenvalue weighted by Crippen LogP contribution is 2.18. The summed E-state index contributed by atoms with van der Waals surface area (Å²) in [5.41, 5.74) is 0.937. The average molecular weight is 344 g/mol. The van der Waals surface area contributed by atoms with Gasteiger partial charge in [0, 0.05) is 49.2 Å². The molecule has 0 saturated heterocycles. The minimum Gasteiger partial charge on any atom is -0.374 e. The molecular weight excluding hydrogens is 318 g/mol. The van der Waals surface area contributed by atoms with Crippen molar-refractivity contribution in [3.8, 4) is 0 Å². The Morgan fingerprint density at radius 3 is 2.18 bits per heavy atom. The minimum atomic E-state index is -2.54. The van der Waals surface area contributed by atoms with Crippen LogP contribution in [0.15, 0.2) is 29.3 Å². The van der Waals surface area contributed by atoms with Gasteiger partial charge in [-0.05, 0) is 33.3 Å². The minimum absolute atomic E-state index is 0.606. The summed E-state index contributed by atoms with van der Waals surface area (Å²) in [4.78, 5) is 4.43. The van der Waals surface area contributed by atoms with Gasteiger partial charge in [-0.15, -0.1) is 0 Å². The molecule has 22 heavy (non-hydrogen) atoms. The van der Waals surface area contributed by atoms with E-state index in [0.717, 1.165) is 18.0 Å². The fourth-order valence-corrected chi connectivity index (χ4v) is 4.91. The highest BCUT2D eigenvalue weighted by Gasteiger charge is 2.39. The van der Waals surface area contributed by atoms with Gasteiger partial charge >= 0.3 is 8.80 Å². The maximum atomic E-state index is 6.09. The topological polar surface area (TPSA) is 40.0 Å². The van der Waals surface area contributed by atoms with Crippen molar-refractivity contribution in [2.45, 2.75) is 33.2 Å². The van der Waals surface area contributed by atoms with Crippen LogP contribution in [0.2, 0.25) is 11.1 Å². The molecule has 1 rings (SSSR count). The van der Waals surface area contributed by atoms with Gasteiger partial charge in [0.25, 0.3) is 0 Å². The number of halogens is 1. The van der Waals surface area contributed by atoms with Gasteiger partial charge in [0.2, 0.25) is 0 Å². The Bertz CT molecular complexity index is 440. The average Bonchev–Trinajstić information content (AvgIpc) is 2.49. The normalized spacial score (nSPS) is 12.2. The molecule has 4 nitrogen and oxygen atoms in total. The van der Waals surface area contributed by atoms with E-state index >= 15 is 0 Å². The molecule has 124 valence electrons. The Morgan fingerprint density at radius 2 is 1.64 bits per heavy atom. The molecule has 0 spiro atoms. The van der Waals surface area contributed by atoms with Gasteiger partial charge in [-0.1, -0.05) is 29.8 Å². The molecule has 1 aromatic carbocycles. The molecule has 0 radical (unpaired) electrons. The van der Waals surface area contributed by atoms with Gasteiger partial charge in [-0.25, -0.2) is 0 Å². The third kappa shape index (κ3) is 6.58. The summed E-state index contributed by atoms with van der Waals surface area (Å²) in [6.07, 6.45) is 2.68. The van der Waals surface area contributed by atoms with Crippen molar-refractivity contribution in [3.05, 3.63) is 34.9 Å². The summed E-state index contributed by atoms with van der Waals surface area (Å²) in [6.45, 7) is 8.42. The van der Waals surface area contributed by atoms with Crippen LogP contribution in [-0.4, -0.2) is 41.4 Å². The molecule has 0 aromatic heterocycles. The predicted molar refractivity (Wildman–Crippen MR) is 94.0 cm³/mol. The maximum Gasteiger partial charge on any atom is 0.500 e. The van der Waals surface area contributed by atoms with Crippen LogP contribution in [0.1, 0.15) is 32.8 Å². The first-order chi connectivity index (χ1) is 10.7. The highest BCUT2D eigenvalue weighted by molar-refractivity contribution is 6.60. The van der Waals surface area contributed by atoms with E-state index in [9.17, 15) is 0 Å². The molecule has 0 atom stereocenters. The number of hydrogen-bond donors (Lipinski definition) is 0. The second kappa shape index (κ2) is 10.9. The lowest BCUT2D eigenvalue weighted by Gasteiger charge is -2.28. The van der Waals surface area contributed by atoms with E-state index in [-0.39, 0.29) is 0 Å². The van der Waals surface area contributed by atoms with Crippen LogP contribution in [-0.2, 0) is 13.3 Å². The van der Waals surface area contributed by atoms with Crippen molar-refractivity contribution < 1.29 is 13.3 Å². The summed E-state index contributed by atoms with van der Waals surface area (Å²) in [5, 5.41) is 0.716. The first-order valence-electron chi connectivity index (χ1n) is 7.83. The largest absolute Gasteiger partial charge is 0.500 e. The monoisotopic (exact) mass is 343 g/mol. The van der Waals surface area contributed by atoms with Crippen molar-refractivity contribution in [3.63, 3.8) is 0 Å². The quantitative estimate of drug-likeness (QED) is 0.343. The van der Waals surface area contributed by atoms with Crippen molar-refractivity contribution in [1.29, 1.82) is 0 Å². The van der Waals surface area contributed by atoms with Crippen LogP contribution in [0.3, 0.4) is 0 Å². The van der Waals surface area contributed by atoms with E-state index in [1.165, 1.54) is 0 Å². The predicted octanol–water partition coefficient (Wildman–Crippen LogP) is 4.20. The first-order valence-corrected chi connectivity index (χ1v) is 10.1. The molecule has 0 N–H and O–H groups in total. The zero-order valence-electron chi connectivity index (χ0n) is 13.7. The van der Waals surface area contributed by atoms with Crippen molar-refractivity contribution >= 4 is 26.6 Å². The van der Waals surface area contributed by atoms with Crippen molar-refractivity contribution in [2.24, 2.45) is 4.99 Å². The van der Waals surface area contributed by atoms with E-state index in [2.05, 4.69) is 4.99 Å². The number of aliphatic imine (C=N–C) groups is 1. The van der Waals surface area contributed by atoms with Gasteiger partial charge in [-0.2, -0.15) is 0 Å². The molecule has 0 saturated carbocycles. The van der Waals surface area contributed by atoms with Crippen LogP contribution in [0.5, 0.6) is 0 Å². The van der Waals surface area contributed by atoms with Crippen LogP contribution >= 0.6 is 11.6 Å². The van der Waals surface area contributed by atoms with Crippen LogP contribution in [0, 0.1) is 0 Å². The zero-order chi connectivity index (χ0) is 16.3. The molecule has 0 heterocycles. The highest BCUT2D eigenvalue weighted by atomic mass is 35.5. The van der Waals surface area contributed by atoms with Crippen LogP contribution in [0.25, 0.3) is 0 Å². The van der Waals surface area contributed by atoms with E-state index in [1.807, 2.05) is 51.3 Å². The zero-order valence-corrected chi connectivity index (χ0v) is 15.4. The third-order valence-electron chi connectivity index (χ3n) is 3.00. The van der Waals surface area contributed by atoms with E-state index < -0.39 is 8.80 Å². The van der Waals surface area contributed by atoms with E-state index in [4.69, 9.17) is 24.9 Å². The third-order valence-corrected chi connectivity index (χ3v) is 6.49. The van der Waals surface area contributed by atoms with Gasteiger partial charge in [0.05, 0.1) is 0 Å². The Balaban J connectivity index is 2.50. The molecule has 0 aliphatic heterocycles. The molecule has 6 heteroatoms. The number of benzene rings is 1. The molecule has 0 unspecified atom stereocenters. The molecule has 0 aliphatic rings. The lowest BCUT2D eigenvalue weighted by Crippen LogP contribution is -2.46. The molecule has 0 bridgehead atoms. The number of nitrogens with zero attached hydrogens (tertiary/aromatic N) is 1. The van der Waals surface area contributed by atoms with Crippen molar-refractivity contribution in [1.82, 2.24) is 0 Å². The summed E-state index contributed by atoms with van der Waals surface area (Å²) < 4.78 is 17.4. The fourth-order valence-electron chi connectivity index (χ4n) is 2.13. The molecule has 0 aliphatic carbocycles. The Kier molecular flexibility index (Phi) is 9.59. The van der Waals surface area contributed by atoms with Crippen LogP contribution in [0.4, 0.5) is 0 Å². The van der Waals surface area contributed by atoms with Crippen molar-refractivity contribution in [2.75, 3.05) is 26.4 Å². The first kappa shape index (κ1) is 19.3. The molecule has 0 amide bonds. The van der Waals surface area contributed by atoms with Gasteiger partial charge in [0.15, 0.2) is 0 Å². The Labute approximate surface area is 139 Å². The summed E-state index contributed by atoms with van der Waals surface area (Å²) in [5.74, 6) is 0. The number of rotatable bonds is 11. The smallest absolute Gasteiger partial charge is 0.374 e. The lowest BCUT2D eigenvalue weighted by atomic mass is 10.2. The van der Waals surface area contributed by atoms with Gasteiger partial charge < -0.3 is 13.3 Å². The molecular formula is C16H26ClNO3Si. The standard InChI is InChI=1S/C16H26ClNO3Si/c1-4-19-22(20-5-2,21-6-3)13-9-12-18-14-15-10-7-8-11-16(15)17/h7-8,10-11,14H,4-6,9,12-13H2,1-3H3. The van der Waals surface area contributed by atoms with Gasteiger partial charge in [0.1, 0.15) is 0 Å². The molecule has 1 aromatic rings. The maximum absolute atomic E-state index is 6.09. The lowest BCUT2D eigenvalue weighted by molar-refractivity contribution is 0.0710. The summed E-state index contributed by atoms with van der Waals surface area (Å²) in [6, 6.07) is 8.45.